The van der Waals surface area contributed by atoms with Crippen LogP contribution in [0.15, 0.2) is 24.4 Å². The number of aromatic nitrogens is 2. The molecule has 9 heteroatoms. The number of fused-ring (bicyclic) bond motifs is 1. The predicted molar refractivity (Wildman–Crippen MR) is 108 cm³/mol. The summed E-state index contributed by atoms with van der Waals surface area (Å²) in [5.74, 6) is -1.58. The quantitative estimate of drug-likeness (QED) is 0.634. The van der Waals surface area contributed by atoms with Crippen LogP contribution in [0.5, 0.6) is 11.6 Å². The number of carboxylic acids is 1. The fourth-order valence-electron chi connectivity index (χ4n) is 3.30. The van der Waals surface area contributed by atoms with Gasteiger partial charge in [-0.05, 0) is 32.0 Å². The van der Waals surface area contributed by atoms with Gasteiger partial charge in [0, 0.05) is 17.3 Å². The summed E-state index contributed by atoms with van der Waals surface area (Å²) in [6, 6.07) is 6.69. The third-order valence-corrected chi connectivity index (χ3v) is 4.52. The third-order valence-electron chi connectivity index (χ3n) is 4.52. The Morgan fingerprint density at radius 3 is 2.63 bits per heavy atom. The molecular weight excluding hydrogens is 388 g/mol. The molecule has 0 fully saturated rings. The van der Waals surface area contributed by atoms with Crippen molar-refractivity contribution >= 4 is 22.8 Å². The molecule has 0 radical (unpaired) electrons. The lowest BCUT2D eigenvalue weighted by Gasteiger charge is -2.18. The molecule has 1 aromatic carbocycles. The molecule has 0 unspecified atom stereocenters. The van der Waals surface area contributed by atoms with Gasteiger partial charge in [0.1, 0.15) is 11.3 Å². The number of nitrogens with two attached hydrogens (primary N) is 1. The van der Waals surface area contributed by atoms with Gasteiger partial charge in [-0.2, -0.15) is 5.26 Å². The summed E-state index contributed by atoms with van der Waals surface area (Å²) in [7, 11) is 1.42. The van der Waals surface area contributed by atoms with E-state index in [1.165, 1.54) is 13.2 Å². The average Bonchev–Trinajstić information content (AvgIpc) is 2.72. The van der Waals surface area contributed by atoms with Crippen LogP contribution in [0.25, 0.3) is 22.0 Å². The normalized spacial score (nSPS) is 10.5. The number of pyridine rings is 2. The van der Waals surface area contributed by atoms with Crippen LogP contribution in [0.2, 0.25) is 0 Å². The predicted octanol–water partition coefficient (Wildman–Crippen LogP) is 2.68. The Hall–Kier alpha value is -4.19. The van der Waals surface area contributed by atoms with Crippen LogP contribution < -0.4 is 15.2 Å². The summed E-state index contributed by atoms with van der Waals surface area (Å²) >= 11 is 0. The number of ether oxygens (including phenoxy) is 2. The zero-order chi connectivity index (χ0) is 22.0. The highest BCUT2D eigenvalue weighted by Crippen LogP contribution is 2.42. The first-order chi connectivity index (χ1) is 14.3. The first-order valence-electron chi connectivity index (χ1n) is 8.91. The molecule has 0 bridgehead atoms. The number of hydrogen-bond donors (Lipinski definition) is 2. The Morgan fingerprint density at radius 2 is 2.07 bits per heavy atom. The third kappa shape index (κ3) is 3.35. The van der Waals surface area contributed by atoms with Gasteiger partial charge in [-0.1, -0.05) is 0 Å². The molecule has 3 aromatic rings. The number of benzene rings is 1. The maximum Gasteiger partial charge on any atom is 0.339 e. The molecule has 0 spiro atoms. The van der Waals surface area contributed by atoms with Crippen molar-refractivity contribution in [3.8, 4) is 28.8 Å². The van der Waals surface area contributed by atoms with Gasteiger partial charge in [0.25, 0.3) is 5.91 Å². The number of aryl methyl sites for hydroxylation is 1. The van der Waals surface area contributed by atoms with Crippen molar-refractivity contribution in [2.45, 2.75) is 13.8 Å². The Morgan fingerprint density at radius 1 is 1.33 bits per heavy atom. The van der Waals surface area contributed by atoms with Gasteiger partial charge >= 0.3 is 5.97 Å². The molecule has 2 heterocycles. The molecule has 9 nitrogen and oxygen atoms in total. The van der Waals surface area contributed by atoms with Crippen LogP contribution >= 0.6 is 0 Å². The highest BCUT2D eigenvalue weighted by molar-refractivity contribution is 6.14. The topological polar surface area (TPSA) is 148 Å². The second-order valence-electron chi connectivity index (χ2n) is 6.28. The average molecular weight is 406 g/mol. The van der Waals surface area contributed by atoms with Gasteiger partial charge in [0.2, 0.25) is 5.88 Å². The highest BCUT2D eigenvalue weighted by atomic mass is 16.5. The molecule has 1 amide bonds. The van der Waals surface area contributed by atoms with Crippen LogP contribution in [0.4, 0.5) is 0 Å². The molecule has 0 saturated heterocycles. The standard InChI is InChI=1S/C21H18N4O5/c1-4-30-20-17-16(12-6-5-11(8-22)7-14(12)29-3)15(19(23)26)10(2)25-18(17)13(9-24-20)21(27)28/h5-7,9H,4H2,1-3H3,(H2,23,26)(H,27,28). The number of carbonyl (C=O) groups is 2. The van der Waals surface area contributed by atoms with E-state index in [-0.39, 0.29) is 45.8 Å². The van der Waals surface area contributed by atoms with Crippen LogP contribution in [0.3, 0.4) is 0 Å². The molecule has 0 aliphatic heterocycles. The van der Waals surface area contributed by atoms with Crippen molar-refractivity contribution in [1.29, 1.82) is 5.26 Å². The van der Waals surface area contributed by atoms with E-state index in [1.54, 1.807) is 26.0 Å². The molecule has 3 rings (SSSR count). The fourth-order valence-corrected chi connectivity index (χ4v) is 3.30. The number of nitrogens with zero attached hydrogens (tertiary/aromatic N) is 3. The summed E-state index contributed by atoms with van der Waals surface area (Å²) in [6.45, 7) is 3.56. The minimum Gasteiger partial charge on any atom is -0.496 e. The van der Waals surface area contributed by atoms with Gasteiger partial charge in [-0.25, -0.2) is 9.78 Å². The molecule has 0 aliphatic carbocycles. The summed E-state index contributed by atoms with van der Waals surface area (Å²) in [5, 5.41) is 19.1. The smallest absolute Gasteiger partial charge is 0.339 e. The van der Waals surface area contributed by atoms with E-state index in [0.717, 1.165) is 6.20 Å². The zero-order valence-electron chi connectivity index (χ0n) is 16.5. The van der Waals surface area contributed by atoms with E-state index < -0.39 is 11.9 Å². The second-order valence-corrected chi connectivity index (χ2v) is 6.28. The summed E-state index contributed by atoms with van der Waals surface area (Å²) < 4.78 is 11.1. The monoisotopic (exact) mass is 406 g/mol. The van der Waals surface area contributed by atoms with Crippen molar-refractivity contribution in [2.24, 2.45) is 5.73 Å². The molecular formula is C21H18N4O5. The molecule has 0 aliphatic rings. The Labute approximate surface area is 171 Å². The zero-order valence-corrected chi connectivity index (χ0v) is 16.5. The molecule has 3 N–H and O–H groups in total. The van der Waals surface area contributed by atoms with Crippen LogP contribution in [-0.2, 0) is 0 Å². The van der Waals surface area contributed by atoms with Crippen molar-refractivity contribution in [2.75, 3.05) is 13.7 Å². The molecule has 30 heavy (non-hydrogen) atoms. The van der Waals surface area contributed by atoms with Crippen molar-refractivity contribution in [1.82, 2.24) is 9.97 Å². The van der Waals surface area contributed by atoms with E-state index in [9.17, 15) is 20.0 Å². The highest BCUT2D eigenvalue weighted by Gasteiger charge is 2.27. The summed E-state index contributed by atoms with van der Waals surface area (Å²) in [4.78, 5) is 32.7. The van der Waals surface area contributed by atoms with E-state index in [4.69, 9.17) is 15.2 Å². The lowest BCUT2D eigenvalue weighted by Crippen LogP contribution is -2.17. The van der Waals surface area contributed by atoms with Gasteiger partial charge < -0.3 is 20.3 Å². The van der Waals surface area contributed by atoms with E-state index in [1.807, 2.05) is 6.07 Å². The largest absolute Gasteiger partial charge is 0.496 e. The maximum atomic E-state index is 12.4. The van der Waals surface area contributed by atoms with Gasteiger partial charge in [0.15, 0.2) is 0 Å². The Balaban J connectivity index is 2.61. The summed E-state index contributed by atoms with van der Waals surface area (Å²) in [6.07, 6.45) is 1.16. The Bertz CT molecular complexity index is 1230. The van der Waals surface area contributed by atoms with Crippen molar-refractivity contribution in [3.05, 3.63) is 46.8 Å². The number of aromatic carboxylic acids is 1. The van der Waals surface area contributed by atoms with Crippen LogP contribution in [0, 0.1) is 18.3 Å². The number of carboxylic acid groups (broad SMARTS) is 1. The van der Waals surface area contributed by atoms with Gasteiger partial charge in [0.05, 0.1) is 47.5 Å². The molecule has 152 valence electrons. The van der Waals surface area contributed by atoms with Crippen LogP contribution in [0.1, 0.15) is 38.9 Å². The lowest BCUT2D eigenvalue weighted by molar-refractivity contribution is 0.0698. The molecule has 0 saturated carbocycles. The van der Waals surface area contributed by atoms with Gasteiger partial charge in [-0.15, -0.1) is 0 Å². The number of methoxy groups -OCH3 is 1. The lowest BCUT2D eigenvalue weighted by atomic mass is 9.92. The number of nitriles is 1. The number of hydrogen-bond acceptors (Lipinski definition) is 7. The molecule has 2 aromatic heterocycles. The number of amides is 1. The number of primary amides is 1. The SMILES string of the molecule is CCOc1ncc(C(=O)O)c2nc(C)c(C(N)=O)c(-c3ccc(C#N)cc3OC)c12. The Kier molecular flexibility index (Phi) is 5.51. The van der Waals surface area contributed by atoms with Gasteiger partial charge in [-0.3, -0.25) is 9.78 Å². The minimum atomic E-state index is -1.23. The van der Waals surface area contributed by atoms with E-state index in [2.05, 4.69) is 9.97 Å². The first kappa shape index (κ1) is 20.5. The first-order valence-corrected chi connectivity index (χ1v) is 8.91. The number of rotatable bonds is 6. The maximum absolute atomic E-state index is 12.4. The van der Waals surface area contributed by atoms with E-state index in [0.29, 0.717) is 16.9 Å². The minimum absolute atomic E-state index is 0.0794. The summed E-state index contributed by atoms with van der Waals surface area (Å²) in [5.41, 5.74) is 6.99. The van der Waals surface area contributed by atoms with E-state index >= 15 is 0 Å². The van der Waals surface area contributed by atoms with Crippen molar-refractivity contribution < 1.29 is 24.2 Å². The second kappa shape index (κ2) is 8.05. The van der Waals surface area contributed by atoms with Crippen LogP contribution in [-0.4, -0.2) is 40.7 Å². The van der Waals surface area contributed by atoms with Crippen molar-refractivity contribution in [3.63, 3.8) is 0 Å². The fraction of sp³-hybridized carbons (Fsp3) is 0.190. The number of carbonyl (C=O) groups excluding carboxylic acids is 1. The molecule has 0 atom stereocenters.